The van der Waals surface area contributed by atoms with Gasteiger partial charge >= 0.3 is 0 Å². The summed E-state index contributed by atoms with van der Waals surface area (Å²) in [4.78, 5) is 12.9. The van der Waals surface area contributed by atoms with E-state index in [9.17, 15) is 4.39 Å². The van der Waals surface area contributed by atoms with Crippen molar-refractivity contribution < 1.29 is 4.39 Å². The monoisotopic (exact) mass is 375 g/mol. The number of hydrogen-bond acceptors (Lipinski definition) is 6. The number of rotatable bonds is 9. The average molecular weight is 376 g/mol. The summed E-state index contributed by atoms with van der Waals surface area (Å²) in [7, 11) is 0. The van der Waals surface area contributed by atoms with Crippen molar-refractivity contribution >= 4 is 29.7 Å². The van der Waals surface area contributed by atoms with E-state index in [1.807, 2.05) is 26.0 Å². The van der Waals surface area contributed by atoms with Crippen molar-refractivity contribution in [2.75, 3.05) is 23.5 Å². The summed E-state index contributed by atoms with van der Waals surface area (Å²) in [6.07, 6.45) is 10.4. The Morgan fingerprint density at radius 1 is 1.38 bits per heavy atom. The van der Waals surface area contributed by atoms with Crippen LogP contribution in [0.2, 0.25) is 0 Å². The highest BCUT2D eigenvalue weighted by Crippen LogP contribution is 2.16. The Bertz CT molecular complexity index is 660. The van der Waals surface area contributed by atoms with Gasteiger partial charge in [0.1, 0.15) is 12.5 Å². The predicted molar refractivity (Wildman–Crippen MR) is 114 cm³/mol. The maximum atomic E-state index is 12.7. The van der Waals surface area contributed by atoms with Crippen LogP contribution in [0.15, 0.2) is 71.9 Å². The van der Waals surface area contributed by atoms with Gasteiger partial charge in [-0.25, -0.2) is 9.37 Å². The number of nitrogen functional groups attached to an aromatic ring is 1. The third kappa shape index (κ3) is 11.0. The number of halogens is 1. The summed E-state index contributed by atoms with van der Waals surface area (Å²) in [5.74, 6) is 1.41. The first-order valence-corrected chi connectivity index (χ1v) is 8.80. The number of allylic oxidation sites excluding steroid dienone is 3. The van der Waals surface area contributed by atoms with E-state index in [-0.39, 0.29) is 5.95 Å². The molecule has 0 aliphatic carbocycles. The van der Waals surface area contributed by atoms with E-state index in [2.05, 4.69) is 40.0 Å². The molecule has 0 aliphatic rings. The molecule has 1 heterocycles. The van der Waals surface area contributed by atoms with E-state index in [4.69, 9.17) is 5.73 Å². The standard InChI is InChI=1S/C17H22FN5S.C2H4/c1-4-20-10-8-14(3)24-11-5-6-15(7-9-18)22-16-12-13(2)21-17(19)23-16;1-2/h4-8,10,12H,3,9,11H2,1-2H3,(H3,19,21,22,23);1-2H2/b6-5-,10-8-,15-7+,20-4?;. The van der Waals surface area contributed by atoms with Crippen LogP contribution in [0.1, 0.15) is 12.6 Å². The maximum absolute atomic E-state index is 12.7. The van der Waals surface area contributed by atoms with Crippen molar-refractivity contribution in [2.45, 2.75) is 13.8 Å². The van der Waals surface area contributed by atoms with Crippen molar-refractivity contribution in [3.05, 3.63) is 72.6 Å². The van der Waals surface area contributed by atoms with Crippen LogP contribution in [0.25, 0.3) is 0 Å². The van der Waals surface area contributed by atoms with E-state index in [0.717, 1.165) is 10.6 Å². The summed E-state index contributed by atoms with van der Waals surface area (Å²) in [5, 5.41) is 3.03. The molecule has 1 aromatic heterocycles. The zero-order chi connectivity index (χ0) is 19.8. The topological polar surface area (TPSA) is 76.2 Å². The van der Waals surface area contributed by atoms with Crippen LogP contribution in [0.4, 0.5) is 16.2 Å². The summed E-state index contributed by atoms with van der Waals surface area (Å²) in [5.41, 5.74) is 6.95. The number of hydrogen-bond donors (Lipinski definition) is 2. The summed E-state index contributed by atoms with van der Waals surface area (Å²) in [6.45, 7) is 13.0. The maximum Gasteiger partial charge on any atom is 0.222 e. The number of nitrogens with two attached hydrogens (primary N) is 1. The Morgan fingerprint density at radius 2 is 2.12 bits per heavy atom. The minimum absolute atomic E-state index is 0.175. The first kappa shape index (κ1) is 23.3. The molecule has 0 spiro atoms. The first-order chi connectivity index (χ1) is 12.5. The van der Waals surface area contributed by atoms with Gasteiger partial charge in [-0.15, -0.1) is 24.9 Å². The number of anilines is 2. The lowest BCUT2D eigenvalue weighted by Gasteiger charge is -2.07. The molecule has 0 bridgehead atoms. The molecule has 26 heavy (non-hydrogen) atoms. The van der Waals surface area contributed by atoms with E-state index < -0.39 is 6.67 Å². The van der Waals surface area contributed by atoms with Crippen LogP contribution < -0.4 is 11.1 Å². The molecule has 0 unspecified atom stereocenters. The normalized spacial score (nSPS) is 11.7. The second-order valence-electron chi connectivity index (χ2n) is 4.59. The Hall–Kier alpha value is -2.67. The molecule has 0 aromatic carbocycles. The molecule has 0 aliphatic heterocycles. The first-order valence-electron chi connectivity index (χ1n) is 7.82. The second-order valence-corrected chi connectivity index (χ2v) is 5.74. The molecular formula is C19H26FN5S. The molecule has 0 saturated heterocycles. The number of thioether (sulfide) groups is 1. The summed E-state index contributed by atoms with van der Waals surface area (Å²) < 4.78 is 12.7. The van der Waals surface area contributed by atoms with Crippen LogP contribution >= 0.6 is 11.8 Å². The van der Waals surface area contributed by atoms with Crippen LogP contribution in [0, 0.1) is 6.92 Å². The molecule has 0 amide bonds. The van der Waals surface area contributed by atoms with Gasteiger partial charge < -0.3 is 11.1 Å². The number of aromatic nitrogens is 2. The largest absolute Gasteiger partial charge is 0.368 e. The Labute approximate surface area is 159 Å². The number of nitrogens with one attached hydrogen (secondary N) is 1. The van der Waals surface area contributed by atoms with Gasteiger partial charge in [0.2, 0.25) is 5.95 Å². The zero-order valence-corrected chi connectivity index (χ0v) is 16.1. The van der Waals surface area contributed by atoms with Crippen molar-refractivity contribution in [3.8, 4) is 0 Å². The van der Waals surface area contributed by atoms with Crippen LogP contribution in [-0.4, -0.2) is 28.6 Å². The predicted octanol–water partition coefficient (Wildman–Crippen LogP) is 4.84. The number of aryl methyl sites for hydroxylation is 1. The summed E-state index contributed by atoms with van der Waals surface area (Å²) >= 11 is 1.56. The van der Waals surface area contributed by atoms with Gasteiger partial charge in [-0.2, -0.15) is 4.98 Å². The van der Waals surface area contributed by atoms with Gasteiger partial charge in [-0.05, 0) is 32.1 Å². The van der Waals surface area contributed by atoms with E-state index in [1.54, 1.807) is 36.3 Å². The van der Waals surface area contributed by atoms with E-state index >= 15 is 0 Å². The van der Waals surface area contributed by atoms with E-state index in [0.29, 0.717) is 17.3 Å². The molecule has 140 valence electrons. The molecule has 0 radical (unpaired) electrons. The van der Waals surface area contributed by atoms with Crippen molar-refractivity contribution in [2.24, 2.45) is 4.99 Å². The molecular weight excluding hydrogens is 349 g/mol. The van der Waals surface area contributed by atoms with Crippen LogP contribution in [0.5, 0.6) is 0 Å². The molecule has 0 atom stereocenters. The zero-order valence-electron chi connectivity index (χ0n) is 15.3. The second kappa shape index (κ2) is 14.7. The molecule has 0 saturated carbocycles. The van der Waals surface area contributed by atoms with Crippen LogP contribution in [0.3, 0.4) is 0 Å². The summed E-state index contributed by atoms with van der Waals surface area (Å²) in [6, 6.07) is 1.74. The SMILES string of the molecule is C=C.C=C(/C=C\N=CC)SC/C=C\C(=C/CF)Nc1cc(C)nc(N)n1. The molecule has 1 rings (SSSR count). The molecule has 7 heteroatoms. The fraction of sp³-hybridized carbons (Fsp3) is 0.211. The lowest BCUT2D eigenvalue weighted by molar-refractivity contribution is 0.560. The Morgan fingerprint density at radius 3 is 2.73 bits per heavy atom. The smallest absolute Gasteiger partial charge is 0.222 e. The number of alkyl halides is 1. The number of aliphatic imine (C=N–C) groups is 1. The highest BCUT2D eigenvalue weighted by atomic mass is 32.2. The van der Waals surface area contributed by atoms with Gasteiger partial charge in [0.25, 0.3) is 0 Å². The highest BCUT2D eigenvalue weighted by molar-refractivity contribution is 8.03. The quantitative estimate of drug-likeness (QED) is 0.367. The molecule has 5 nitrogen and oxygen atoms in total. The van der Waals surface area contributed by atoms with Crippen LogP contribution in [-0.2, 0) is 0 Å². The lowest BCUT2D eigenvalue weighted by Crippen LogP contribution is -2.04. The fourth-order valence-corrected chi connectivity index (χ4v) is 2.20. The highest BCUT2D eigenvalue weighted by Gasteiger charge is 2.00. The molecule has 3 N–H and O–H groups in total. The fourth-order valence-electron chi connectivity index (χ4n) is 1.64. The minimum Gasteiger partial charge on any atom is -0.368 e. The third-order valence-corrected chi connectivity index (χ3v) is 3.46. The molecule has 1 aromatic rings. The van der Waals surface area contributed by atoms with Crippen molar-refractivity contribution in [1.82, 2.24) is 9.97 Å². The van der Waals surface area contributed by atoms with Gasteiger partial charge in [-0.3, -0.25) is 4.99 Å². The minimum atomic E-state index is -0.580. The third-order valence-electron chi connectivity index (χ3n) is 2.60. The van der Waals surface area contributed by atoms with Gasteiger partial charge in [0, 0.05) is 40.5 Å². The van der Waals surface area contributed by atoms with E-state index in [1.165, 1.54) is 6.08 Å². The lowest BCUT2D eigenvalue weighted by atomic mass is 10.3. The molecule has 0 fully saturated rings. The van der Waals surface area contributed by atoms with Gasteiger partial charge in [0.05, 0.1) is 0 Å². The van der Waals surface area contributed by atoms with Gasteiger partial charge in [-0.1, -0.05) is 12.7 Å². The average Bonchev–Trinajstić information content (AvgIpc) is 2.60. The Balaban J connectivity index is 0.00000301. The van der Waals surface area contributed by atoms with Gasteiger partial charge in [0.15, 0.2) is 0 Å². The van der Waals surface area contributed by atoms with Crippen molar-refractivity contribution in [3.63, 3.8) is 0 Å². The number of nitrogens with zero attached hydrogens (tertiary/aromatic N) is 3. The van der Waals surface area contributed by atoms with Crippen molar-refractivity contribution in [1.29, 1.82) is 0 Å². The Kier molecular flexibility index (Phi) is 13.1.